The molecule has 0 aromatic heterocycles. The number of carbonyl (C=O) groups excluding carboxylic acids is 1. The highest BCUT2D eigenvalue weighted by atomic mass is 16.4. The maximum Gasteiger partial charge on any atom is 0.320 e. The highest BCUT2D eigenvalue weighted by Gasteiger charge is 2.32. The summed E-state index contributed by atoms with van der Waals surface area (Å²) in [6.45, 7) is 2.71. The summed E-state index contributed by atoms with van der Waals surface area (Å²) in [6, 6.07) is 7.26. The van der Waals surface area contributed by atoms with E-state index in [4.69, 9.17) is 5.11 Å². The van der Waals surface area contributed by atoms with Gasteiger partial charge in [0.15, 0.2) is 0 Å². The van der Waals surface area contributed by atoms with E-state index < -0.39 is 18.1 Å². The van der Waals surface area contributed by atoms with E-state index in [1.54, 1.807) is 0 Å². The number of carboxylic acids is 1. The SMILES string of the molecule is O=C(O)[C@@H]1CC[C@H](C(=O)NCc2ccc(N3CCCC3)cc2)N1. The van der Waals surface area contributed by atoms with E-state index in [9.17, 15) is 9.59 Å². The summed E-state index contributed by atoms with van der Waals surface area (Å²) in [5.74, 6) is -1.02. The Bertz CT molecular complexity index is 567. The van der Waals surface area contributed by atoms with Crippen LogP contribution in [0.3, 0.4) is 0 Å². The number of benzene rings is 1. The van der Waals surface area contributed by atoms with Gasteiger partial charge in [0.25, 0.3) is 0 Å². The Kier molecular flexibility index (Phi) is 4.81. The Morgan fingerprint density at radius 2 is 1.78 bits per heavy atom. The molecule has 1 aromatic rings. The van der Waals surface area contributed by atoms with Crippen LogP contribution < -0.4 is 15.5 Å². The zero-order chi connectivity index (χ0) is 16.2. The number of hydrogen-bond acceptors (Lipinski definition) is 4. The van der Waals surface area contributed by atoms with Crippen LogP contribution >= 0.6 is 0 Å². The van der Waals surface area contributed by atoms with Crippen LogP contribution in [0.5, 0.6) is 0 Å². The molecule has 2 saturated heterocycles. The normalized spacial score (nSPS) is 23.9. The number of nitrogens with zero attached hydrogens (tertiary/aromatic N) is 1. The van der Waals surface area contributed by atoms with Gasteiger partial charge in [0.05, 0.1) is 6.04 Å². The quantitative estimate of drug-likeness (QED) is 0.758. The van der Waals surface area contributed by atoms with E-state index >= 15 is 0 Å². The summed E-state index contributed by atoms with van der Waals surface area (Å²) in [5, 5.41) is 14.7. The number of rotatable bonds is 5. The summed E-state index contributed by atoms with van der Waals surface area (Å²) in [6.07, 6.45) is 3.57. The van der Waals surface area contributed by atoms with E-state index in [1.165, 1.54) is 18.5 Å². The minimum atomic E-state index is -0.891. The molecule has 0 bridgehead atoms. The van der Waals surface area contributed by atoms with Gasteiger partial charge in [0, 0.05) is 25.3 Å². The van der Waals surface area contributed by atoms with E-state index in [1.807, 2.05) is 12.1 Å². The van der Waals surface area contributed by atoms with Gasteiger partial charge in [0.2, 0.25) is 5.91 Å². The molecule has 0 spiro atoms. The molecule has 23 heavy (non-hydrogen) atoms. The molecule has 0 aliphatic carbocycles. The fourth-order valence-corrected chi connectivity index (χ4v) is 3.26. The van der Waals surface area contributed by atoms with Crippen LogP contribution in [-0.4, -0.2) is 42.2 Å². The predicted octanol–water partition coefficient (Wildman–Crippen LogP) is 1.11. The molecule has 1 aromatic carbocycles. The van der Waals surface area contributed by atoms with Crippen LogP contribution in [0.2, 0.25) is 0 Å². The molecule has 6 heteroatoms. The molecule has 0 unspecified atom stereocenters. The topological polar surface area (TPSA) is 81.7 Å². The monoisotopic (exact) mass is 317 g/mol. The summed E-state index contributed by atoms with van der Waals surface area (Å²) >= 11 is 0. The molecule has 1 amide bonds. The lowest BCUT2D eigenvalue weighted by molar-refractivity contribution is -0.139. The summed E-state index contributed by atoms with van der Waals surface area (Å²) in [5.41, 5.74) is 2.29. The van der Waals surface area contributed by atoms with Gasteiger partial charge >= 0.3 is 5.97 Å². The highest BCUT2D eigenvalue weighted by molar-refractivity contribution is 5.84. The fraction of sp³-hybridized carbons (Fsp3) is 0.529. The van der Waals surface area contributed by atoms with E-state index in [0.29, 0.717) is 19.4 Å². The summed E-state index contributed by atoms with van der Waals surface area (Å²) in [7, 11) is 0. The average molecular weight is 317 g/mol. The minimum absolute atomic E-state index is 0.127. The average Bonchev–Trinajstić information content (AvgIpc) is 3.24. The molecule has 2 aliphatic rings. The zero-order valence-corrected chi connectivity index (χ0v) is 13.1. The first-order valence-corrected chi connectivity index (χ1v) is 8.24. The zero-order valence-electron chi connectivity index (χ0n) is 13.1. The number of hydrogen-bond donors (Lipinski definition) is 3. The maximum atomic E-state index is 12.1. The van der Waals surface area contributed by atoms with Gasteiger partial charge in [-0.2, -0.15) is 0 Å². The van der Waals surface area contributed by atoms with Crippen molar-refractivity contribution in [2.45, 2.75) is 44.3 Å². The van der Waals surface area contributed by atoms with Gasteiger partial charge in [-0.3, -0.25) is 14.9 Å². The second kappa shape index (κ2) is 7.00. The van der Waals surface area contributed by atoms with Crippen LogP contribution in [0.25, 0.3) is 0 Å². The third-order valence-electron chi connectivity index (χ3n) is 4.64. The van der Waals surface area contributed by atoms with Crippen molar-refractivity contribution in [3.05, 3.63) is 29.8 Å². The van der Waals surface area contributed by atoms with Crippen LogP contribution in [0.15, 0.2) is 24.3 Å². The van der Waals surface area contributed by atoms with Crippen molar-refractivity contribution in [1.29, 1.82) is 0 Å². The predicted molar refractivity (Wildman–Crippen MR) is 87.3 cm³/mol. The summed E-state index contributed by atoms with van der Waals surface area (Å²) in [4.78, 5) is 25.4. The molecule has 0 saturated carbocycles. The lowest BCUT2D eigenvalue weighted by atomic mass is 10.1. The molecule has 3 N–H and O–H groups in total. The highest BCUT2D eigenvalue weighted by Crippen LogP contribution is 2.20. The molecule has 0 radical (unpaired) electrons. The number of carbonyl (C=O) groups is 2. The van der Waals surface area contributed by atoms with Gasteiger partial charge in [-0.1, -0.05) is 12.1 Å². The molecule has 6 nitrogen and oxygen atoms in total. The first-order chi connectivity index (χ1) is 11.1. The van der Waals surface area contributed by atoms with Gasteiger partial charge in [-0.05, 0) is 43.4 Å². The first kappa shape index (κ1) is 15.8. The number of anilines is 1. The molecule has 2 heterocycles. The van der Waals surface area contributed by atoms with Gasteiger partial charge in [-0.15, -0.1) is 0 Å². The summed E-state index contributed by atoms with van der Waals surface area (Å²) < 4.78 is 0. The Morgan fingerprint density at radius 3 is 2.39 bits per heavy atom. The van der Waals surface area contributed by atoms with Crippen molar-refractivity contribution >= 4 is 17.6 Å². The second-order valence-electron chi connectivity index (χ2n) is 6.27. The first-order valence-electron chi connectivity index (χ1n) is 8.24. The molecular formula is C17H23N3O3. The van der Waals surface area contributed by atoms with Gasteiger partial charge in [-0.25, -0.2) is 0 Å². The number of aliphatic carboxylic acids is 1. The molecule has 124 valence electrons. The Balaban J connectivity index is 1.48. The standard InChI is InChI=1S/C17H23N3O3/c21-16(14-7-8-15(19-14)17(22)23)18-11-12-3-5-13(6-4-12)20-9-1-2-10-20/h3-6,14-15,19H,1-2,7-11H2,(H,18,21)(H,22,23)/t14-,15+/m1/s1. The van der Waals surface area contributed by atoms with E-state index in [2.05, 4.69) is 27.7 Å². The molecular weight excluding hydrogens is 294 g/mol. The minimum Gasteiger partial charge on any atom is -0.480 e. The van der Waals surface area contributed by atoms with Crippen molar-refractivity contribution in [2.24, 2.45) is 0 Å². The van der Waals surface area contributed by atoms with Crippen LogP contribution in [0.4, 0.5) is 5.69 Å². The number of carboxylic acid groups (broad SMARTS) is 1. The van der Waals surface area contributed by atoms with Crippen LogP contribution in [0, 0.1) is 0 Å². The Labute approximate surface area is 135 Å². The second-order valence-corrected chi connectivity index (χ2v) is 6.27. The lowest BCUT2D eigenvalue weighted by Crippen LogP contribution is -2.44. The van der Waals surface area contributed by atoms with Crippen molar-refractivity contribution < 1.29 is 14.7 Å². The Morgan fingerprint density at radius 1 is 1.13 bits per heavy atom. The van der Waals surface area contributed by atoms with Crippen molar-refractivity contribution in [3.8, 4) is 0 Å². The number of nitrogens with one attached hydrogen (secondary N) is 2. The molecule has 3 rings (SSSR count). The molecule has 2 fully saturated rings. The van der Waals surface area contributed by atoms with Crippen molar-refractivity contribution in [2.75, 3.05) is 18.0 Å². The third kappa shape index (κ3) is 3.82. The van der Waals surface area contributed by atoms with E-state index in [-0.39, 0.29) is 5.91 Å². The van der Waals surface area contributed by atoms with Crippen LogP contribution in [-0.2, 0) is 16.1 Å². The van der Waals surface area contributed by atoms with E-state index in [0.717, 1.165) is 18.7 Å². The van der Waals surface area contributed by atoms with Gasteiger partial charge < -0.3 is 15.3 Å². The van der Waals surface area contributed by atoms with Crippen molar-refractivity contribution in [1.82, 2.24) is 10.6 Å². The number of amides is 1. The molecule has 2 aliphatic heterocycles. The van der Waals surface area contributed by atoms with Crippen molar-refractivity contribution in [3.63, 3.8) is 0 Å². The lowest BCUT2D eigenvalue weighted by Gasteiger charge is -2.18. The van der Waals surface area contributed by atoms with Crippen LogP contribution in [0.1, 0.15) is 31.2 Å². The molecule has 2 atom stereocenters. The largest absolute Gasteiger partial charge is 0.480 e. The fourth-order valence-electron chi connectivity index (χ4n) is 3.26. The third-order valence-corrected chi connectivity index (χ3v) is 4.64. The smallest absolute Gasteiger partial charge is 0.320 e. The Hall–Kier alpha value is -2.08. The van der Waals surface area contributed by atoms with Gasteiger partial charge in [0.1, 0.15) is 6.04 Å². The maximum absolute atomic E-state index is 12.1.